The molecule has 1 unspecified atom stereocenters. The first-order valence-corrected chi connectivity index (χ1v) is 12.9. The highest BCUT2D eigenvalue weighted by Crippen LogP contribution is 2.40. The molecule has 40 heavy (non-hydrogen) atoms. The molecule has 8 nitrogen and oxygen atoms in total. The van der Waals surface area contributed by atoms with Gasteiger partial charge in [-0.2, -0.15) is 26.3 Å². The molecule has 15 heteroatoms. The van der Waals surface area contributed by atoms with Crippen molar-refractivity contribution in [3.63, 3.8) is 0 Å². The standard InChI is InChI=1S/C21H27N3OS.2C2HF3O2/c1-17-5-6-19(26-17)14-23-11-8-21(15-23)7-3-10-24(16-21)20(25)12-18-4-2-9-22-13-18;2*3-2(4,5)1(6)7/h2,4-6,9,13H,3,7-8,10-12,14-16H2,1H3;2*(H,6,7). The van der Waals surface area contributed by atoms with E-state index in [1.165, 1.54) is 22.6 Å². The van der Waals surface area contributed by atoms with Crippen LogP contribution in [0.3, 0.4) is 0 Å². The molecule has 1 atom stereocenters. The van der Waals surface area contributed by atoms with Crippen LogP contribution >= 0.6 is 11.3 Å². The van der Waals surface area contributed by atoms with Gasteiger partial charge in [-0.3, -0.25) is 14.7 Å². The van der Waals surface area contributed by atoms with Gasteiger partial charge in [-0.25, -0.2) is 9.59 Å². The predicted octanol–water partition coefficient (Wildman–Crippen LogP) is 4.78. The summed E-state index contributed by atoms with van der Waals surface area (Å²) in [5.41, 5.74) is 1.31. The summed E-state index contributed by atoms with van der Waals surface area (Å²) in [6.45, 7) is 7.34. The molecule has 0 saturated carbocycles. The number of aryl methyl sites for hydroxylation is 1. The third-order valence-electron chi connectivity index (χ3n) is 6.27. The van der Waals surface area contributed by atoms with Crippen LogP contribution in [-0.2, 0) is 27.3 Å². The van der Waals surface area contributed by atoms with Crippen molar-refractivity contribution in [1.82, 2.24) is 14.8 Å². The number of piperidine rings is 1. The van der Waals surface area contributed by atoms with Crippen LogP contribution in [0.25, 0.3) is 0 Å². The molecule has 222 valence electrons. The number of carbonyl (C=O) groups is 3. The van der Waals surface area contributed by atoms with E-state index in [1.54, 1.807) is 12.4 Å². The lowest BCUT2D eigenvalue weighted by Gasteiger charge is -2.40. The fraction of sp³-hybridized carbons (Fsp3) is 0.520. The van der Waals surface area contributed by atoms with Gasteiger partial charge in [0.25, 0.3) is 0 Å². The highest BCUT2D eigenvalue weighted by atomic mass is 32.1. The van der Waals surface area contributed by atoms with Crippen molar-refractivity contribution in [3.05, 3.63) is 52.0 Å². The highest BCUT2D eigenvalue weighted by molar-refractivity contribution is 7.11. The van der Waals surface area contributed by atoms with Crippen molar-refractivity contribution >= 4 is 29.2 Å². The number of amides is 1. The van der Waals surface area contributed by atoms with Crippen molar-refractivity contribution in [2.45, 2.75) is 51.5 Å². The number of carboxylic acid groups (broad SMARTS) is 2. The predicted molar refractivity (Wildman–Crippen MR) is 133 cm³/mol. The van der Waals surface area contributed by atoms with Crippen molar-refractivity contribution in [1.29, 1.82) is 0 Å². The normalized spacial score (nSPS) is 19.3. The van der Waals surface area contributed by atoms with Crippen LogP contribution in [0.4, 0.5) is 26.3 Å². The zero-order valence-corrected chi connectivity index (χ0v) is 22.3. The number of likely N-dealkylation sites (tertiary alicyclic amines) is 2. The van der Waals surface area contributed by atoms with Gasteiger partial charge >= 0.3 is 24.3 Å². The Labute approximate surface area is 230 Å². The number of aromatic nitrogens is 1. The topological polar surface area (TPSA) is 111 Å². The molecule has 0 aliphatic carbocycles. The first-order chi connectivity index (χ1) is 18.5. The second-order valence-corrected chi connectivity index (χ2v) is 10.9. The number of rotatable bonds is 4. The Kier molecular flexibility index (Phi) is 11.5. The summed E-state index contributed by atoms with van der Waals surface area (Å²) >= 11 is 1.90. The molecular weight excluding hydrogens is 568 g/mol. The van der Waals surface area contributed by atoms with E-state index in [-0.39, 0.29) is 5.91 Å². The molecule has 2 aliphatic heterocycles. The zero-order chi connectivity index (χ0) is 30.1. The van der Waals surface area contributed by atoms with Crippen LogP contribution in [0.1, 0.15) is 34.6 Å². The van der Waals surface area contributed by atoms with Crippen LogP contribution in [0.5, 0.6) is 0 Å². The first-order valence-electron chi connectivity index (χ1n) is 12.1. The Morgan fingerprint density at radius 3 is 2.10 bits per heavy atom. The van der Waals surface area contributed by atoms with E-state index >= 15 is 0 Å². The number of hydrogen-bond acceptors (Lipinski definition) is 6. The lowest BCUT2D eigenvalue weighted by Crippen LogP contribution is -2.47. The van der Waals surface area contributed by atoms with Crippen molar-refractivity contribution in [3.8, 4) is 0 Å². The Balaban J connectivity index is 0.000000333. The molecule has 0 bridgehead atoms. The van der Waals surface area contributed by atoms with Gasteiger partial charge in [-0.05, 0) is 56.5 Å². The summed E-state index contributed by atoms with van der Waals surface area (Å²) in [6.07, 6.45) is -2.53. The van der Waals surface area contributed by atoms with E-state index in [1.807, 2.05) is 23.5 Å². The SMILES string of the molecule is Cc1ccc(CN2CCC3(CCCN(C(=O)Cc4cccnc4)C3)C2)s1.O=C(O)C(F)(F)F.O=C(O)C(F)(F)F. The second kappa shape index (κ2) is 13.9. The Morgan fingerprint density at radius 2 is 1.60 bits per heavy atom. The minimum atomic E-state index is -5.08. The molecule has 0 radical (unpaired) electrons. The summed E-state index contributed by atoms with van der Waals surface area (Å²) in [7, 11) is 0. The minimum Gasteiger partial charge on any atom is -0.475 e. The van der Waals surface area contributed by atoms with Crippen LogP contribution in [-0.4, -0.2) is 81.4 Å². The molecule has 4 rings (SSSR count). The van der Waals surface area contributed by atoms with E-state index in [2.05, 4.69) is 33.8 Å². The largest absolute Gasteiger partial charge is 0.490 e. The van der Waals surface area contributed by atoms with Gasteiger partial charge in [-0.1, -0.05) is 6.07 Å². The molecule has 4 heterocycles. The van der Waals surface area contributed by atoms with E-state index < -0.39 is 24.3 Å². The maximum atomic E-state index is 12.8. The summed E-state index contributed by atoms with van der Waals surface area (Å²) in [4.78, 5) is 42.2. The van der Waals surface area contributed by atoms with E-state index in [0.29, 0.717) is 11.8 Å². The van der Waals surface area contributed by atoms with Crippen LogP contribution in [0.15, 0.2) is 36.7 Å². The number of halogens is 6. The molecule has 2 saturated heterocycles. The Bertz CT molecular complexity index is 1120. The van der Waals surface area contributed by atoms with Crippen LogP contribution < -0.4 is 0 Å². The lowest BCUT2D eigenvalue weighted by atomic mass is 9.79. The molecule has 2 fully saturated rings. The number of thiophene rings is 1. The molecule has 2 aromatic heterocycles. The van der Waals surface area contributed by atoms with Gasteiger partial charge in [0.05, 0.1) is 6.42 Å². The average molecular weight is 598 g/mol. The second-order valence-electron chi connectivity index (χ2n) is 9.54. The highest BCUT2D eigenvalue weighted by Gasteiger charge is 2.42. The zero-order valence-electron chi connectivity index (χ0n) is 21.5. The van der Waals surface area contributed by atoms with Gasteiger partial charge in [0.15, 0.2) is 0 Å². The smallest absolute Gasteiger partial charge is 0.475 e. The number of pyridine rings is 1. The average Bonchev–Trinajstić information content (AvgIpc) is 3.44. The molecule has 1 spiro atoms. The van der Waals surface area contributed by atoms with Gasteiger partial charge in [-0.15, -0.1) is 11.3 Å². The fourth-order valence-corrected chi connectivity index (χ4v) is 5.43. The van der Waals surface area contributed by atoms with Gasteiger partial charge in [0, 0.05) is 53.7 Å². The molecule has 2 aromatic rings. The van der Waals surface area contributed by atoms with Crippen molar-refractivity contribution < 1.29 is 50.9 Å². The third-order valence-corrected chi connectivity index (χ3v) is 7.26. The van der Waals surface area contributed by atoms with E-state index in [4.69, 9.17) is 19.8 Å². The van der Waals surface area contributed by atoms with Crippen LogP contribution in [0.2, 0.25) is 0 Å². The summed E-state index contributed by atoms with van der Waals surface area (Å²) in [6, 6.07) is 8.37. The monoisotopic (exact) mass is 597 g/mol. The molecule has 2 aliphatic rings. The Morgan fingerprint density at radius 1 is 0.975 bits per heavy atom. The Hall–Kier alpha value is -3.20. The van der Waals surface area contributed by atoms with Crippen molar-refractivity contribution in [2.75, 3.05) is 26.2 Å². The lowest BCUT2D eigenvalue weighted by molar-refractivity contribution is -0.193. The number of hydrogen-bond donors (Lipinski definition) is 2. The molecule has 0 aromatic carbocycles. The summed E-state index contributed by atoms with van der Waals surface area (Å²) in [5, 5.41) is 14.2. The van der Waals surface area contributed by atoms with E-state index in [9.17, 15) is 31.1 Å². The van der Waals surface area contributed by atoms with Gasteiger partial charge < -0.3 is 15.1 Å². The molecule has 2 N–H and O–H groups in total. The third kappa shape index (κ3) is 10.8. The molecular formula is C25H29F6N3O5S. The summed E-state index contributed by atoms with van der Waals surface area (Å²) < 4.78 is 63.5. The van der Waals surface area contributed by atoms with Crippen LogP contribution in [0, 0.1) is 12.3 Å². The minimum absolute atomic E-state index is 0.254. The fourth-order valence-electron chi connectivity index (χ4n) is 4.50. The van der Waals surface area contributed by atoms with Gasteiger partial charge in [0.2, 0.25) is 5.91 Å². The number of nitrogens with zero attached hydrogens (tertiary/aromatic N) is 3. The first kappa shape index (κ1) is 33.0. The summed E-state index contributed by atoms with van der Waals surface area (Å²) in [5.74, 6) is -5.26. The van der Waals surface area contributed by atoms with Crippen molar-refractivity contribution in [2.24, 2.45) is 5.41 Å². The van der Waals surface area contributed by atoms with E-state index in [0.717, 1.165) is 44.7 Å². The number of carbonyl (C=O) groups excluding carboxylic acids is 1. The number of carboxylic acids is 2. The number of aliphatic carboxylic acids is 2. The number of alkyl halides is 6. The quantitative estimate of drug-likeness (QED) is 0.489. The van der Waals surface area contributed by atoms with Gasteiger partial charge in [0.1, 0.15) is 0 Å². The maximum Gasteiger partial charge on any atom is 0.490 e. The molecule has 1 amide bonds. The maximum absolute atomic E-state index is 12.8.